The molecule has 7 heteroatoms. The van der Waals surface area contributed by atoms with Crippen LogP contribution in [0.1, 0.15) is 27.9 Å². The van der Waals surface area contributed by atoms with Crippen molar-refractivity contribution in [2.24, 2.45) is 10.9 Å². The zero-order valence-corrected chi connectivity index (χ0v) is 19.6. The van der Waals surface area contributed by atoms with E-state index in [2.05, 4.69) is 5.16 Å². The van der Waals surface area contributed by atoms with E-state index in [1.54, 1.807) is 4.90 Å². The number of amidine groups is 1. The molecule has 5 rings (SSSR count). The molecule has 1 aliphatic heterocycles. The molecule has 0 spiro atoms. The molecule has 1 amide bonds. The summed E-state index contributed by atoms with van der Waals surface area (Å²) in [7, 11) is 0. The van der Waals surface area contributed by atoms with E-state index in [0.717, 1.165) is 27.9 Å². The van der Waals surface area contributed by atoms with Crippen LogP contribution in [0.3, 0.4) is 0 Å². The summed E-state index contributed by atoms with van der Waals surface area (Å²) in [5.74, 6) is 0.996. The minimum absolute atomic E-state index is 0.0936. The third-order valence-electron chi connectivity index (χ3n) is 5.92. The molecule has 2 N–H and O–H groups in total. The van der Waals surface area contributed by atoms with Gasteiger partial charge in [0.25, 0.3) is 0 Å². The van der Waals surface area contributed by atoms with Gasteiger partial charge in [0.05, 0.1) is 12.1 Å². The van der Waals surface area contributed by atoms with Crippen LogP contribution in [-0.4, -0.2) is 21.7 Å². The van der Waals surface area contributed by atoms with Gasteiger partial charge in [-0.15, -0.1) is 0 Å². The molecule has 0 unspecified atom stereocenters. The summed E-state index contributed by atoms with van der Waals surface area (Å²) in [5.41, 5.74) is 12.1. The first kappa shape index (κ1) is 22.3. The number of hydrogen-bond acceptors (Lipinski definition) is 5. The van der Waals surface area contributed by atoms with E-state index in [0.29, 0.717) is 22.9 Å². The average Bonchev–Trinajstić information content (AvgIpc) is 3.20. The highest BCUT2D eigenvalue weighted by Crippen LogP contribution is 2.38. The van der Waals surface area contributed by atoms with Gasteiger partial charge in [-0.05, 0) is 31.0 Å². The number of rotatable bonds is 6. The Morgan fingerprint density at radius 3 is 2.43 bits per heavy atom. The number of fused-ring (bicyclic) bond motifs is 1. The van der Waals surface area contributed by atoms with Crippen molar-refractivity contribution in [3.63, 3.8) is 0 Å². The summed E-state index contributed by atoms with van der Waals surface area (Å²) in [6, 6.07) is 25.3. The van der Waals surface area contributed by atoms with E-state index in [1.807, 2.05) is 92.7 Å². The largest absolute Gasteiger partial charge is 0.389 e. The highest BCUT2D eigenvalue weighted by molar-refractivity contribution is 6.10. The molecule has 1 aromatic heterocycles. The van der Waals surface area contributed by atoms with Gasteiger partial charge in [0, 0.05) is 11.1 Å². The number of para-hydroxylation sites is 1. The number of carbonyl (C=O) groups excluding carboxylic acids is 1. The van der Waals surface area contributed by atoms with Crippen LogP contribution in [0.2, 0.25) is 0 Å². The molecule has 1 aliphatic rings. The van der Waals surface area contributed by atoms with Gasteiger partial charge >= 0.3 is 0 Å². The molecule has 0 saturated carbocycles. The van der Waals surface area contributed by atoms with E-state index in [9.17, 15) is 4.79 Å². The van der Waals surface area contributed by atoms with E-state index >= 15 is 0 Å². The maximum absolute atomic E-state index is 13.2. The Kier molecular flexibility index (Phi) is 5.97. The van der Waals surface area contributed by atoms with Crippen LogP contribution in [0.15, 0.2) is 84.0 Å². The third-order valence-corrected chi connectivity index (χ3v) is 5.92. The van der Waals surface area contributed by atoms with Gasteiger partial charge < -0.3 is 10.6 Å². The van der Waals surface area contributed by atoms with Crippen LogP contribution >= 0.6 is 0 Å². The van der Waals surface area contributed by atoms with Crippen molar-refractivity contribution in [2.75, 3.05) is 4.90 Å². The molecular weight excluding hydrogens is 438 g/mol. The summed E-state index contributed by atoms with van der Waals surface area (Å²) in [5, 5.41) is 4.13. The van der Waals surface area contributed by atoms with Crippen LogP contribution in [0.5, 0.6) is 0 Å². The average molecular weight is 464 g/mol. The molecule has 0 saturated heterocycles. The Labute approximate surface area is 203 Å². The van der Waals surface area contributed by atoms with Gasteiger partial charge in [-0.3, -0.25) is 9.69 Å². The number of aryl methyl sites for hydroxylation is 2. The second-order valence-corrected chi connectivity index (χ2v) is 8.49. The highest BCUT2D eigenvalue weighted by Gasteiger charge is 2.35. The lowest BCUT2D eigenvalue weighted by molar-refractivity contribution is -0.116. The Bertz CT molecular complexity index is 1420. The predicted molar refractivity (Wildman–Crippen MR) is 136 cm³/mol. The molecule has 174 valence electrons. The SMILES string of the molecule is Cc1ccc(-c2nc(/C(N)=N\OCc3ccccc3)c3c(n2)N(c2ccccc2C)C(=O)C3)cc1. The number of amides is 1. The summed E-state index contributed by atoms with van der Waals surface area (Å²) in [6.07, 6.45) is 0.127. The number of carbonyl (C=O) groups is 1. The minimum Gasteiger partial charge on any atom is -0.389 e. The van der Waals surface area contributed by atoms with Gasteiger partial charge in [0.15, 0.2) is 11.7 Å². The smallest absolute Gasteiger partial charge is 0.237 e. The summed E-state index contributed by atoms with van der Waals surface area (Å²) < 4.78 is 0. The van der Waals surface area contributed by atoms with E-state index in [4.69, 9.17) is 20.5 Å². The van der Waals surface area contributed by atoms with Crippen molar-refractivity contribution < 1.29 is 9.63 Å². The maximum atomic E-state index is 13.2. The van der Waals surface area contributed by atoms with Crippen LogP contribution in [0, 0.1) is 13.8 Å². The summed E-state index contributed by atoms with van der Waals surface area (Å²) in [4.78, 5) is 29.9. The fourth-order valence-corrected chi connectivity index (χ4v) is 4.07. The minimum atomic E-state index is -0.0936. The number of hydrogen-bond donors (Lipinski definition) is 1. The Balaban J connectivity index is 1.59. The fraction of sp³-hybridized carbons (Fsp3) is 0.143. The molecule has 0 radical (unpaired) electrons. The quantitative estimate of drug-likeness (QED) is 0.251. The molecule has 2 heterocycles. The number of anilines is 2. The van der Waals surface area contributed by atoms with Gasteiger partial charge in [-0.1, -0.05) is 83.5 Å². The Hall–Kier alpha value is -4.52. The van der Waals surface area contributed by atoms with Gasteiger partial charge in [-0.25, -0.2) is 9.97 Å². The lowest BCUT2D eigenvalue weighted by Crippen LogP contribution is -2.22. The van der Waals surface area contributed by atoms with E-state index in [-0.39, 0.29) is 24.8 Å². The van der Waals surface area contributed by atoms with Crippen molar-refractivity contribution in [1.82, 2.24) is 9.97 Å². The number of benzene rings is 3. The van der Waals surface area contributed by atoms with Crippen LogP contribution in [0.25, 0.3) is 11.4 Å². The first-order valence-corrected chi connectivity index (χ1v) is 11.4. The fourth-order valence-electron chi connectivity index (χ4n) is 4.07. The monoisotopic (exact) mass is 463 g/mol. The Morgan fingerprint density at radius 2 is 1.69 bits per heavy atom. The van der Waals surface area contributed by atoms with Crippen LogP contribution in [-0.2, 0) is 22.7 Å². The number of nitrogens with zero attached hydrogens (tertiary/aromatic N) is 4. The summed E-state index contributed by atoms with van der Waals surface area (Å²) >= 11 is 0. The molecule has 0 atom stereocenters. The molecule has 4 aromatic rings. The van der Waals surface area contributed by atoms with Crippen molar-refractivity contribution >= 4 is 23.2 Å². The zero-order chi connectivity index (χ0) is 24.4. The second-order valence-electron chi connectivity index (χ2n) is 8.49. The maximum Gasteiger partial charge on any atom is 0.237 e. The molecule has 0 aliphatic carbocycles. The topological polar surface area (TPSA) is 93.7 Å². The lowest BCUT2D eigenvalue weighted by atomic mass is 10.1. The van der Waals surface area contributed by atoms with Crippen LogP contribution in [0.4, 0.5) is 11.5 Å². The molecule has 3 aromatic carbocycles. The van der Waals surface area contributed by atoms with Gasteiger partial charge in [0.1, 0.15) is 18.1 Å². The Morgan fingerprint density at radius 1 is 0.971 bits per heavy atom. The van der Waals surface area contributed by atoms with E-state index in [1.165, 1.54) is 0 Å². The number of aromatic nitrogens is 2. The molecular formula is C28H25N5O2. The van der Waals surface area contributed by atoms with E-state index < -0.39 is 0 Å². The van der Waals surface area contributed by atoms with Crippen molar-refractivity contribution in [2.45, 2.75) is 26.9 Å². The zero-order valence-electron chi connectivity index (χ0n) is 19.6. The molecule has 7 nitrogen and oxygen atoms in total. The van der Waals surface area contributed by atoms with Gasteiger partial charge in [-0.2, -0.15) is 0 Å². The third kappa shape index (κ3) is 4.48. The number of oxime groups is 1. The molecule has 35 heavy (non-hydrogen) atoms. The normalized spacial score (nSPS) is 13.1. The second kappa shape index (κ2) is 9.38. The number of nitrogens with two attached hydrogens (primary N) is 1. The van der Waals surface area contributed by atoms with Gasteiger partial charge in [0.2, 0.25) is 5.91 Å². The predicted octanol–water partition coefficient (Wildman–Crippen LogP) is 4.82. The van der Waals surface area contributed by atoms with Crippen molar-refractivity contribution in [3.05, 3.63) is 107 Å². The molecule has 0 bridgehead atoms. The summed E-state index contributed by atoms with van der Waals surface area (Å²) in [6.45, 7) is 4.26. The highest BCUT2D eigenvalue weighted by atomic mass is 16.6. The van der Waals surface area contributed by atoms with Crippen molar-refractivity contribution in [3.8, 4) is 11.4 Å². The molecule has 0 fully saturated rings. The lowest BCUT2D eigenvalue weighted by Gasteiger charge is -2.19. The van der Waals surface area contributed by atoms with Crippen LogP contribution < -0.4 is 10.6 Å². The standard InChI is InChI=1S/C28H25N5O2/c1-18-12-14-21(15-13-18)27-30-25(26(29)32-35-17-20-9-4-3-5-10-20)22-16-24(34)33(28(22)31-27)23-11-7-6-8-19(23)2/h3-15H,16-17H2,1-2H3,(H2,29,32). The first-order chi connectivity index (χ1) is 17.0. The van der Waals surface area contributed by atoms with Crippen molar-refractivity contribution in [1.29, 1.82) is 0 Å². The first-order valence-electron chi connectivity index (χ1n) is 11.4.